The molecule has 0 saturated heterocycles. The molecule has 90 valence electrons. The summed E-state index contributed by atoms with van der Waals surface area (Å²) in [7, 11) is -3.29. The van der Waals surface area contributed by atoms with Gasteiger partial charge in [-0.05, 0) is 13.8 Å². The smallest absolute Gasteiger partial charge is 0.330 e. The average molecular weight is 246 g/mol. The summed E-state index contributed by atoms with van der Waals surface area (Å²) >= 11 is 0. The average Bonchev–Trinajstić information content (AvgIpc) is 2.65. The predicted octanol–water partition coefficient (Wildman–Crippen LogP) is 0.411. The van der Waals surface area contributed by atoms with Crippen molar-refractivity contribution in [1.29, 1.82) is 0 Å². The molecule has 0 aliphatic rings. The summed E-state index contributed by atoms with van der Waals surface area (Å²) in [6.07, 6.45) is 3.62. The first-order valence-corrected chi connectivity index (χ1v) is 6.66. The summed E-state index contributed by atoms with van der Waals surface area (Å²) in [6, 6.07) is -0.629. The molecule has 1 aromatic heterocycles. The number of carbonyl (C=O) groups is 1. The van der Waals surface area contributed by atoms with E-state index >= 15 is 0 Å². The van der Waals surface area contributed by atoms with Crippen molar-refractivity contribution in [2.45, 2.75) is 24.8 Å². The monoisotopic (exact) mass is 246 g/mol. The van der Waals surface area contributed by atoms with Crippen LogP contribution in [0.2, 0.25) is 0 Å². The number of sulfone groups is 1. The molecule has 1 rings (SSSR count). The van der Waals surface area contributed by atoms with Gasteiger partial charge in [0.05, 0.1) is 12.8 Å². The molecule has 0 fully saturated rings. The van der Waals surface area contributed by atoms with E-state index in [0.29, 0.717) is 0 Å². The highest BCUT2D eigenvalue weighted by Crippen LogP contribution is 2.12. The molecule has 0 amide bonds. The zero-order valence-electron chi connectivity index (χ0n) is 9.37. The Morgan fingerprint density at radius 2 is 2.25 bits per heavy atom. The van der Waals surface area contributed by atoms with Crippen LogP contribution in [0.25, 0.3) is 0 Å². The molecule has 0 N–H and O–H groups in total. The summed E-state index contributed by atoms with van der Waals surface area (Å²) in [6.45, 7) is 3.58. The third-order valence-electron chi connectivity index (χ3n) is 2.03. The number of esters is 1. The Kier molecular flexibility index (Phi) is 3.69. The lowest BCUT2D eigenvalue weighted by molar-refractivity contribution is -0.146. The predicted molar refractivity (Wildman–Crippen MR) is 56.7 cm³/mol. The SMILES string of the molecule is CCOC(=O)C(C)n1cc(S(C)(=O)=O)cn1. The van der Waals surface area contributed by atoms with Crippen LogP contribution in [0.5, 0.6) is 0 Å². The van der Waals surface area contributed by atoms with Crippen molar-refractivity contribution < 1.29 is 17.9 Å². The minimum Gasteiger partial charge on any atom is -0.464 e. The fraction of sp³-hybridized carbons (Fsp3) is 0.556. The van der Waals surface area contributed by atoms with Gasteiger partial charge in [-0.2, -0.15) is 5.10 Å². The number of ether oxygens (including phenoxy) is 1. The molecule has 0 radical (unpaired) electrons. The zero-order chi connectivity index (χ0) is 12.3. The van der Waals surface area contributed by atoms with Crippen LogP contribution in [0.4, 0.5) is 0 Å². The molecule has 0 aliphatic carbocycles. The first-order valence-electron chi connectivity index (χ1n) is 4.77. The van der Waals surface area contributed by atoms with E-state index < -0.39 is 21.8 Å². The van der Waals surface area contributed by atoms with Crippen molar-refractivity contribution in [3.8, 4) is 0 Å². The third-order valence-corrected chi connectivity index (χ3v) is 3.10. The van der Waals surface area contributed by atoms with Crippen LogP contribution in [0.1, 0.15) is 19.9 Å². The maximum atomic E-state index is 11.4. The van der Waals surface area contributed by atoms with E-state index in [4.69, 9.17) is 4.74 Å². The second-order valence-electron chi connectivity index (χ2n) is 3.36. The van der Waals surface area contributed by atoms with Gasteiger partial charge in [-0.3, -0.25) is 4.68 Å². The van der Waals surface area contributed by atoms with E-state index in [0.717, 1.165) is 6.26 Å². The van der Waals surface area contributed by atoms with Gasteiger partial charge in [0.1, 0.15) is 10.9 Å². The molecule has 1 unspecified atom stereocenters. The van der Waals surface area contributed by atoms with Crippen molar-refractivity contribution in [3.63, 3.8) is 0 Å². The Balaban J connectivity index is 2.90. The van der Waals surface area contributed by atoms with Crippen LogP contribution in [0.15, 0.2) is 17.3 Å². The second kappa shape index (κ2) is 4.65. The van der Waals surface area contributed by atoms with Gasteiger partial charge >= 0.3 is 5.97 Å². The molecule has 0 saturated carbocycles. The highest BCUT2D eigenvalue weighted by Gasteiger charge is 2.19. The van der Waals surface area contributed by atoms with Crippen LogP contribution in [0.3, 0.4) is 0 Å². The third kappa shape index (κ3) is 2.82. The van der Waals surface area contributed by atoms with Gasteiger partial charge < -0.3 is 4.74 Å². The fourth-order valence-corrected chi connectivity index (χ4v) is 1.63. The Morgan fingerprint density at radius 3 is 2.69 bits per heavy atom. The summed E-state index contributed by atoms with van der Waals surface area (Å²) in [4.78, 5) is 11.5. The van der Waals surface area contributed by atoms with E-state index in [1.165, 1.54) is 17.1 Å². The van der Waals surface area contributed by atoms with Crippen molar-refractivity contribution in [2.75, 3.05) is 12.9 Å². The summed E-state index contributed by atoms with van der Waals surface area (Å²) in [5.41, 5.74) is 0. The van der Waals surface area contributed by atoms with Gasteiger partial charge in [0.2, 0.25) is 0 Å². The van der Waals surface area contributed by atoms with E-state index in [1.54, 1.807) is 13.8 Å². The lowest BCUT2D eigenvalue weighted by atomic mass is 10.3. The molecule has 7 heteroatoms. The maximum Gasteiger partial charge on any atom is 0.330 e. The van der Waals surface area contributed by atoms with E-state index in [9.17, 15) is 13.2 Å². The van der Waals surface area contributed by atoms with Gasteiger partial charge in [0.15, 0.2) is 9.84 Å². The number of hydrogen-bond acceptors (Lipinski definition) is 5. The van der Waals surface area contributed by atoms with Crippen LogP contribution < -0.4 is 0 Å². The van der Waals surface area contributed by atoms with Gasteiger partial charge in [-0.25, -0.2) is 13.2 Å². The lowest BCUT2D eigenvalue weighted by Gasteiger charge is -2.10. The molecule has 6 nitrogen and oxygen atoms in total. The first-order chi connectivity index (χ1) is 7.36. The molecule has 0 aromatic carbocycles. The van der Waals surface area contributed by atoms with Crippen LogP contribution in [0, 0.1) is 0 Å². The molecule has 16 heavy (non-hydrogen) atoms. The number of aromatic nitrogens is 2. The molecule has 0 bridgehead atoms. The minimum atomic E-state index is -3.29. The zero-order valence-corrected chi connectivity index (χ0v) is 10.2. The van der Waals surface area contributed by atoms with Crippen LogP contribution >= 0.6 is 0 Å². The number of carbonyl (C=O) groups excluding carboxylic acids is 1. The highest BCUT2D eigenvalue weighted by atomic mass is 32.2. The fourth-order valence-electron chi connectivity index (χ4n) is 1.09. The molecule has 1 aromatic rings. The Morgan fingerprint density at radius 1 is 1.62 bits per heavy atom. The van der Waals surface area contributed by atoms with E-state index in [2.05, 4.69) is 5.10 Å². The number of rotatable bonds is 4. The lowest BCUT2D eigenvalue weighted by Crippen LogP contribution is -2.19. The largest absolute Gasteiger partial charge is 0.464 e. The molecule has 0 spiro atoms. The quantitative estimate of drug-likeness (QED) is 0.719. The van der Waals surface area contributed by atoms with E-state index in [-0.39, 0.29) is 11.5 Å². The van der Waals surface area contributed by atoms with Gasteiger partial charge in [0.25, 0.3) is 0 Å². The van der Waals surface area contributed by atoms with Crippen molar-refractivity contribution in [2.24, 2.45) is 0 Å². The molecule has 1 atom stereocenters. The normalized spacial score (nSPS) is 13.4. The van der Waals surface area contributed by atoms with Gasteiger partial charge in [-0.15, -0.1) is 0 Å². The molecule has 1 heterocycles. The second-order valence-corrected chi connectivity index (χ2v) is 5.37. The van der Waals surface area contributed by atoms with Crippen molar-refractivity contribution in [3.05, 3.63) is 12.4 Å². The Hall–Kier alpha value is -1.37. The summed E-state index contributed by atoms with van der Waals surface area (Å²) < 4.78 is 28.5. The van der Waals surface area contributed by atoms with E-state index in [1.807, 2.05) is 0 Å². The highest BCUT2D eigenvalue weighted by molar-refractivity contribution is 7.90. The maximum absolute atomic E-state index is 11.4. The summed E-state index contributed by atoms with van der Waals surface area (Å²) in [5.74, 6) is -0.439. The topological polar surface area (TPSA) is 78.3 Å². The molecular formula is C9H14N2O4S. The Bertz CT molecular complexity index is 477. The van der Waals surface area contributed by atoms with Gasteiger partial charge in [-0.1, -0.05) is 0 Å². The molecule has 0 aliphatic heterocycles. The van der Waals surface area contributed by atoms with Crippen molar-refractivity contribution >= 4 is 15.8 Å². The minimum absolute atomic E-state index is 0.0867. The van der Waals surface area contributed by atoms with Crippen molar-refractivity contribution in [1.82, 2.24) is 9.78 Å². The number of nitrogens with zero attached hydrogens (tertiary/aromatic N) is 2. The standard InChI is InChI=1S/C9H14N2O4S/c1-4-15-9(12)7(2)11-6-8(5-10-11)16(3,13)14/h5-7H,4H2,1-3H3. The van der Waals surface area contributed by atoms with Gasteiger partial charge in [0, 0.05) is 12.5 Å². The number of hydrogen-bond donors (Lipinski definition) is 0. The Labute approximate surface area is 94.1 Å². The first kappa shape index (κ1) is 12.7. The van der Waals surface area contributed by atoms with Crippen LogP contribution in [-0.2, 0) is 19.4 Å². The summed E-state index contributed by atoms with van der Waals surface area (Å²) in [5, 5.41) is 3.82. The molecular weight excluding hydrogens is 232 g/mol. The van der Waals surface area contributed by atoms with Crippen LogP contribution in [-0.4, -0.2) is 37.0 Å².